The molecular weight excluding hydrogens is 224 g/mol. The summed E-state index contributed by atoms with van der Waals surface area (Å²) in [6, 6.07) is 6.65. The van der Waals surface area contributed by atoms with Crippen LogP contribution in [0.3, 0.4) is 0 Å². The third-order valence-corrected chi connectivity index (χ3v) is 3.87. The van der Waals surface area contributed by atoms with Crippen LogP contribution in [0.15, 0.2) is 30.6 Å². The minimum Gasteiger partial charge on any atom is -0.335 e. The summed E-state index contributed by atoms with van der Waals surface area (Å²) >= 11 is 0. The molecule has 4 nitrogen and oxygen atoms in total. The number of aromatic nitrogens is 2. The van der Waals surface area contributed by atoms with Crippen molar-refractivity contribution < 1.29 is 0 Å². The first kappa shape index (κ1) is 9.88. The fourth-order valence-corrected chi connectivity index (χ4v) is 2.97. The first-order valence-corrected chi connectivity index (χ1v) is 6.18. The third-order valence-electron chi connectivity index (χ3n) is 3.87. The van der Waals surface area contributed by atoms with Gasteiger partial charge in [-0.1, -0.05) is 12.1 Å². The number of aryl methyl sites for hydroxylation is 1. The molecule has 0 radical (unpaired) electrons. The van der Waals surface area contributed by atoms with Crippen LogP contribution in [0.1, 0.15) is 11.1 Å². The zero-order valence-electron chi connectivity index (χ0n) is 10.5. The molecule has 2 aromatic rings. The summed E-state index contributed by atoms with van der Waals surface area (Å²) in [5, 5.41) is 0. The van der Waals surface area contributed by atoms with E-state index in [-0.39, 0.29) is 0 Å². The molecule has 90 valence electrons. The van der Waals surface area contributed by atoms with Crippen molar-refractivity contribution in [1.29, 1.82) is 0 Å². The summed E-state index contributed by atoms with van der Waals surface area (Å²) in [4.78, 5) is 13.5. The molecule has 3 heterocycles. The Balaban J connectivity index is 1.94. The van der Waals surface area contributed by atoms with Crippen molar-refractivity contribution in [3.8, 4) is 0 Å². The maximum absolute atomic E-state index is 4.50. The molecule has 18 heavy (non-hydrogen) atoms. The van der Waals surface area contributed by atoms with Gasteiger partial charge in [-0.25, -0.2) is 9.97 Å². The first-order valence-electron chi connectivity index (χ1n) is 6.18. The Morgan fingerprint density at radius 1 is 1.17 bits per heavy atom. The number of anilines is 3. The summed E-state index contributed by atoms with van der Waals surface area (Å²) in [7, 11) is 2.09. The number of hydrogen-bond acceptors (Lipinski definition) is 4. The van der Waals surface area contributed by atoms with Gasteiger partial charge in [-0.2, -0.15) is 0 Å². The van der Waals surface area contributed by atoms with Crippen LogP contribution in [-0.2, 0) is 6.42 Å². The van der Waals surface area contributed by atoms with E-state index in [1.165, 1.54) is 16.8 Å². The Kier molecular flexibility index (Phi) is 1.77. The molecule has 1 aromatic heterocycles. The van der Waals surface area contributed by atoms with E-state index < -0.39 is 0 Å². The number of hydrogen-bond donors (Lipinski definition) is 0. The lowest BCUT2D eigenvalue weighted by Gasteiger charge is -2.22. The highest BCUT2D eigenvalue weighted by Gasteiger charge is 2.42. The lowest BCUT2D eigenvalue weighted by molar-refractivity contribution is 0.698. The zero-order valence-corrected chi connectivity index (χ0v) is 10.5. The number of fused-ring (bicyclic) bond motifs is 5. The minimum atomic E-state index is 0.333. The van der Waals surface area contributed by atoms with E-state index in [9.17, 15) is 0 Å². The van der Waals surface area contributed by atoms with E-state index in [2.05, 4.69) is 51.9 Å². The van der Waals surface area contributed by atoms with Crippen molar-refractivity contribution in [1.82, 2.24) is 9.97 Å². The predicted octanol–water partition coefficient (Wildman–Crippen LogP) is 2.26. The lowest BCUT2D eigenvalue weighted by atomic mass is 10.1. The number of benzene rings is 1. The molecule has 0 fully saturated rings. The second-order valence-electron chi connectivity index (χ2n) is 5.00. The van der Waals surface area contributed by atoms with Gasteiger partial charge in [-0.15, -0.1) is 0 Å². The van der Waals surface area contributed by atoms with Crippen LogP contribution in [0.2, 0.25) is 0 Å². The highest BCUT2D eigenvalue weighted by atomic mass is 15.5. The molecule has 0 spiro atoms. The standard InChI is InChI=1S/C14H14N4/c1-9-3-4-10-8-12-17(2)13-14(16-6-5-15-13)18(12)11(10)7-9/h3-7,12H,8H2,1-2H3. The maximum atomic E-state index is 4.50. The molecule has 2 aliphatic rings. The van der Waals surface area contributed by atoms with Gasteiger partial charge in [0.2, 0.25) is 0 Å². The van der Waals surface area contributed by atoms with Crippen LogP contribution in [0.4, 0.5) is 17.3 Å². The van der Waals surface area contributed by atoms with Gasteiger partial charge in [0.1, 0.15) is 6.17 Å². The lowest BCUT2D eigenvalue weighted by Crippen LogP contribution is -2.36. The van der Waals surface area contributed by atoms with Gasteiger partial charge in [0, 0.05) is 31.5 Å². The largest absolute Gasteiger partial charge is 0.335 e. The summed E-state index contributed by atoms with van der Waals surface area (Å²) < 4.78 is 0. The second-order valence-corrected chi connectivity index (χ2v) is 5.00. The van der Waals surface area contributed by atoms with Crippen LogP contribution in [-0.4, -0.2) is 23.2 Å². The quantitative estimate of drug-likeness (QED) is 0.704. The van der Waals surface area contributed by atoms with Gasteiger partial charge in [0.15, 0.2) is 11.6 Å². The summed E-state index contributed by atoms with van der Waals surface area (Å²) in [5.41, 5.74) is 3.97. The van der Waals surface area contributed by atoms with E-state index >= 15 is 0 Å². The Hall–Kier alpha value is -2.10. The average molecular weight is 238 g/mol. The number of rotatable bonds is 0. The number of nitrogens with zero attached hydrogens (tertiary/aromatic N) is 4. The van der Waals surface area contributed by atoms with E-state index in [1.807, 2.05) is 0 Å². The Bertz CT molecular complexity index is 637. The normalized spacial score (nSPS) is 19.8. The van der Waals surface area contributed by atoms with E-state index in [0.29, 0.717) is 6.17 Å². The van der Waals surface area contributed by atoms with Gasteiger partial charge in [0.05, 0.1) is 0 Å². The van der Waals surface area contributed by atoms with Gasteiger partial charge >= 0.3 is 0 Å². The molecule has 0 saturated heterocycles. The van der Waals surface area contributed by atoms with Crippen LogP contribution in [0.25, 0.3) is 0 Å². The van der Waals surface area contributed by atoms with Crippen molar-refractivity contribution >= 4 is 17.3 Å². The van der Waals surface area contributed by atoms with E-state index in [1.54, 1.807) is 12.4 Å². The molecular formula is C14H14N4. The second kappa shape index (κ2) is 3.22. The molecule has 0 bridgehead atoms. The van der Waals surface area contributed by atoms with Crippen molar-refractivity contribution in [2.24, 2.45) is 0 Å². The summed E-state index contributed by atoms with van der Waals surface area (Å²) in [5.74, 6) is 1.96. The summed E-state index contributed by atoms with van der Waals surface area (Å²) in [6.07, 6.45) is 4.89. The van der Waals surface area contributed by atoms with Crippen LogP contribution >= 0.6 is 0 Å². The third kappa shape index (κ3) is 1.10. The smallest absolute Gasteiger partial charge is 0.178 e. The van der Waals surface area contributed by atoms with Gasteiger partial charge in [-0.05, 0) is 24.1 Å². The van der Waals surface area contributed by atoms with Crippen LogP contribution in [0, 0.1) is 6.92 Å². The van der Waals surface area contributed by atoms with Crippen molar-refractivity contribution in [3.63, 3.8) is 0 Å². The highest BCUT2D eigenvalue weighted by Crippen LogP contribution is 2.47. The SMILES string of the molecule is Cc1ccc2c(c1)N1c3nccnc3N(C)C1C2. The molecule has 0 N–H and O–H groups in total. The molecule has 2 aliphatic heterocycles. The molecule has 0 aliphatic carbocycles. The van der Waals surface area contributed by atoms with E-state index in [4.69, 9.17) is 0 Å². The molecule has 4 rings (SSSR count). The molecule has 4 heteroatoms. The molecule has 1 aromatic carbocycles. The molecule has 1 unspecified atom stereocenters. The average Bonchev–Trinajstić information content (AvgIpc) is 2.87. The van der Waals surface area contributed by atoms with Crippen molar-refractivity contribution in [2.75, 3.05) is 16.8 Å². The summed E-state index contributed by atoms with van der Waals surface area (Å²) in [6.45, 7) is 2.13. The first-order chi connectivity index (χ1) is 8.75. The maximum Gasteiger partial charge on any atom is 0.178 e. The van der Waals surface area contributed by atoms with E-state index in [0.717, 1.165) is 18.1 Å². The Labute approximate surface area is 106 Å². The minimum absolute atomic E-state index is 0.333. The molecule has 1 atom stereocenters. The van der Waals surface area contributed by atoms with Crippen molar-refractivity contribution in [2.45, 2.75) is 19.5 Å². The monoisotopic (exact) mass is 238 g/mol. The zero-order chi connectivity index (χ0) is 12.3. The van der Waals surface area contributed by atoms with Gasteiger partial charge in [0.25, 0.3) is 0 Å². The van der Waals surface area contributed by atoms with Gasteiger partial charge in [-0.3, -0.25) is 0 Å². The Morgan fingerprint density at radius 2 is 1.94 bits per heavy atom. The fraction of sp³-hybridized carbons (Fsp3) is 0.286. The fourth-order valence-electron chi connectivity index (χ4n) is 2.97. The highest BCUT2D eigenvalue weighted by molar-refractivity contribution is 5.82. The number of likely N-dealkylation sites (N-methyl/N-ethyl adjacent to an activating group) is 1. The Morgan fingerprint density at radius 3 is 2.78 bits per heavy atom. The topological polar surface area (TPSA) is 32.3 Å². The predicted molar refractivity (Wildman–Crippen MR) is 71.2 cm³/mol. The molecule has 0 saturated carbocycles. The van der Waals surface area contributed by atoms with Crippen LogP contribution in [0.5, 0.6) is 0 Å². The van der Waals surface area contributed by atoms with Crippen LogP contribution < -0.4 is 9.80 Å². The van der Waals surface area contributed by atoms with Crippen molar-refractivity contribution in [3.05, 3.63) is 41.7 Å². The van der Waals surface area contributed by atoms with Gasteiger partial charge < -0.3 is 9.80 Å². The molecule has 0 amide bonds.